The van der Waals surface area contributed by atoms with E-state index < -0.39 is 0 Å². The fraction of sp³-hybridized carbons (Fsp3) is 0.435. The largest absolute Gasteiger partial charge is 0.508 e. The molecule has 1 atom stereocenters. The van der Waals surface area contributed by atoms with Gasteiger partial charge in [0, 0.05) is 45.0 Å². The van der Waals surface area contributed by atoms with E-state index in [0.717, 1.165) is 63.4 Å². The zero-order valence-corrected chi connectivity index (χ0v) is 16.3. The summed E-state index contributed by atoms with van der Waals surface area (Å²) in [5.41, 5.74) is 2.22. The standard InChI is InChI=1S/C23H29N3O2/c27-21-11-9-20(10-12-21)24-15-17-25(18-16-24)22(19-7-3-1-4-8-19)23(28)26-13-5-2-6-14-26/h1,3-4,7-12,22,27H,2,5-6,13-18H2/t22-/m1/s1. The van der Waals surface area contributed by atoms with Gasteiger partial charge >= 0.3 is 0 Å². The molecule has 2 aromatic carbocycles. The summed E-state index contributed by atoms with van der Waals surface area (Å²) < 4.78 is 0. The molecule has 4 rings (SSSR count). The minimum absolute atomic E-state index is 0.193. The minimum atomic E-state index is -0.193. The van der Waals surface area contributed by atoms with Crippen LogP contribution in [0.1, 0.15) is 30.9 Å². The predicted molar refractivity (Wildman–Crippen MR) is 112 cm³/mol. The second kappa shape index (κ2) is 8.65. The summed E-state index contributed by atoms with van der Waals surface area (Å²) in [4.78, 5) is 20.2. The highest BCUT2D eigenvalue weighted by Gasteiger charge is 2.33. The van der Waals surface area contributed by atoms with Crippen molar-refractivity contribution in [3.63, 3.8) is 0 Å². The number of carbonyl (C=O) groups is 1. The van der Waals surface area contributed by atoms with Crippen LogP contribution in [-0.2, 0) is 4.79 Å². The molecule has 2 aromatic rings. The van der Waals surface area contributed by atoms with E-state index in [1.54, 1.807) is 12.1 Å². The number of likely N-dealkylation sites (tertiary alicyclic amines) is 1. The second-order valence-electron chi connectivity index (χ2n) is 7.74. The van der Waals surface area contributed by atoms with Crippen LogP contribution in [-0.4, -0.2) is 60.1 Å². The van der Waals surface area contributed by atoms with E-state index in [2.05, 4.69) is 26.8 Å². The fourth-order valence-electron chi connectivity index (χ4n) is 4.33. The Morgan fingerprint density at radius 1 is 0.786 bits per heavy atom. The molecule has 28 heavy (non-hydrogen) atoms. The smallest absolute Gasteiger partial charge is 0.244 e. The molecule has 2 aliphatic rings. The normalized spacial score (nSPS) is 19.4. The van der Waals surface area contributed by atoms with Crippen LogP contribution in [0.3, 0.4) is 0 Å². The Morgan fingerprint density at radius 3 is 2.07 bits per heavy atom. The predicted octanol–water partition coefficient (Wildman–Crippen LogP) is 3.27. The van der Waals surface area contributed by atoms with Gasteiger partial charge in [0.2, 0.25) is 5.91 Å². The molecule has 148 valence electrons. The maximum absolute atomic E-state index is 13.4. The number of anilines is 1. The van der Waals surface area contributed by atoms with Gasteiger partial charge < -0.3 is 14.9 Å². The van der Waals surface area contributed by atoms with E-state index in [1.165, 1.54) is 6.42 Å². The zero-order valence-electron chi connectivity index (χ0n) is 16.3. The van der Waals surface area contributed by atoms with Gasteiger partial charge in [0.15, 0.2) is 0 Å². The molecule has 0 saturated carbocycles. The van der Waals surface area contributed by atoms with E-state index in [9.17, 15) is 9.90 Å². The van der Waals surface area contributed by atoms with Crippen LogP contribution < -0.4 is 4.90 Å². The maximum atomic E-state index is 13.4. The average Bonchev–Trinajstić information content (AvgIpc) is 2.76. The molecule has 2 saturated heterocycles. The molecule has 0 unspecified atom stereocenters. The van der Waals surface area contributed by atoms with Crippen molar-refractivity contribution < 1.29 is 9.90 Å². The van der Waals surface area contributed by atoms with Crippen LogP contribution in [0.5, 0.6) is 5.75 Å². The molecule has 2 heterocycles. The lowest BCUT2D eigenvalue weighted by atomic mass is 10.0. The topological polar surface area (TPSA) is 47.0 Å². The third kappa shape index (κ3) is 4.14. The van der Waals surface area contributed by atoms with Gasteiger partial charge in [-0.1, -0.05) is 30.3 Å². The van der Waals surface area contributed by atoms with Crippen molar-refractivity contribution in [3.8, 4) is 5.75 Å². The number of phenols is 1. The van der Waals surface area contributed by atoms with Crippen LogP contribution >= 0.6 is 0 Å². The first kappa shape index (κ1) is 18.8. The third-order valence-electron chi connectivity index (χ3n) is 5.91. The Labute approximate surface area is 167 Å². The Balaban J connectivity index is 1.49. The van der Waals surface area contributed by atoms with Gasteiger partial charge in [-0.15, -0.1) is 0 Å². The quantitative estimate of drug-likeness (QED) is 0.886. The van der Waals surface area contributed by atoms with Gasteiger partial charge in [-0.2, -0.15) is 0 Å². The molecular formula is C23H29N3O2. The number of nitrogens with zero attached hydrogens (tertiary/aromatic N) is 3. The summed E-state index contributed by atoms with van der Waals surface area (Å²) in [5.74, 6) is 0.544. The van der Waals surface area contributed by atoms with Crippen molar-refractivity contribution in [1.29, 1.82) is 0 Å². The highest BCUT2D eigenvalue weighted by Crippen LogP contribution is 2.28. The Morgan fingerprint density at radius 2 is 1.43 bits per heavy atom. The first-order valence-corrected chi connectivity index (χ1v) is 10.3. The van der Waals surface area contributed by atoms with Crippen molar-refractivity contribution in [2.75, 3.05) is 44.2 Å². The van der Waals surface area contributed by atoms with E-state index in [4.69, 9.17) is 0 Å². The van der Waals surface area contributed by atoms with E-state index in [0.29, 0.717) is 5.75 Å². The van der Waals surface area contributed by atoms with Gasteiger partial charge in [0.05, 0.1) is 0 Å². The number of rotatable bonds is 4. The van der Waals surface area contributed by atoms with Crippen LogP contribution in [0.2, 0.25) is 0 Å². The number of phenolic OH excluding ortho intramolecular Hbond substituents is 1. The Bertz CT molecular complexity index is 764. The number of carbonyl (C=O) groups excluding carboxylic acids is 1. The van der Waals surface area contributed by atoms with Gasteiger partial charge in [0.25, 0.3) is 0 Å². The number of hydrogen-bond donors (Lipinski definition) is 1. The van der Waals surface area contributed by atoms with E-state index in [-0.39, 0.29) is 11.9 Å². The molecule has 0 radical (unpaired) electrons. The summed E-state index contributed by atoms with van der Waals surface area (Å²) in [7, 11) is 0. The second-order valence-corrected chi connectivity index (χ2v) is 7.74. The summed E-state index contributed by atoms with van der Waals surface area (Å²) in [6, 6.07) is 17.4. The number of aromatic hydroxyl groups is 1. The third-order valence-corrected chi connectivity index (χ3v) is 5.91. The molecule has 0 aliphatic carbocycles. The number of piperidine rings is 1. The molecule has 2 aliphatic heterocycles. The first-order valence-electron chi connectivity index (χ1n) is 10.3. The maximum Gasteiger partial charge on any atom is 0.244 e. The molecular weight excluding hydrogens is 350 g/mol. The lowest BCUT2D eigenvalue weighted by molar-refractivity contribution is -0.138. The average molecular weight is 380 g/mol. The van der Waals surface area contributed by atoms with Crippen molar-refractivity contribution in [2.24, 2.45) is 0 Å². The van der Waals surface area contributed by atoms with Crippen molar-refractivity contribution in [2.45, 2.75) is 25.3 Å². The fourth-order valence-corrected chi connectivity index (χ4v) is 4.33. The number of piperazine rings is 1. The zero-order chi connectivity index (χ0) is 19.3. The van der Waals surface area contributed by atoms with Crippen LogP contribution in [0.15, 0.2) is 54.6 Å². The molecule has 5 heteroatoms. The van der Waals surface area contributed by atoms with Gasteiger partial charge in [-0.3, -0.25) is 9.69 Å². The lowest BCUT2D eigenvalue weighted by Gasteiger charge is -2.41. The SMILES string of the molecule is O=C([C@@H](c1ccccc1)N1CCN(c2ccc(O)cc2)CC1)N1CCCCC1. The summed E-state index contributed by atoms with van der Waals surface area (Å²) >= 11 is 0. The van der Waals surface area contributed by atoms with E-state index in [1.807, 2.05) is 30.3 Å². The molecule has 1 amide bonds. The molecule has 0 bridgehead atoms. The van der Waals surface area contributed by atoms with Crippen molar-refractivity contribution in [1.82, 2.24) is 9.80 Å². The molecule has 0 spiro atoms. The number of benzene rings is 2. The number of amides is 1. The van der Waals surface area contributed by atoms with Gasteiger partial charge in [-0.05, 0) is 49.1 Å². The Kier molecular flexibility index (Phi) is 5.81. The van der Waals surface area contributed by atoms with E-state index >= 15 is 0 Å². The minimum Gasteiger partial charge on any atom is -0.508 e. The van der Waals surface area contributed by atoms with Crippen molar-refractivity contribution >= 4 is 11.6 Å². The summed E-state index contributed by atoms with van der Waals surface area (Å²) in [6.07, 6.45) is 3.45. The van der Waals surface area contributed by atoms with Crippen LogP contribution in [0, 0.1) is 0 Å². The highest BCUT2D eigenvalue weighted by molar-refractivity contribution is 5.83. The van der Waals surface area contributed by atoms with Gasteiger partial charge in [-0.25, -0.2) is 0 Å². The summed E-state index contributed by atoms with van der Waals surface area (Å²) in [6.45, 7) is 5.22. The first-order chi connectivity index (χ1) is 13.7. The molecule has 0 aromatic heterocycles. The van der Waals surface area contributed by atoms with Crippen LogP contribution in [0.4, 0.5) is 5.69 Å². The van der Waals surface area contributed by atoms with Gasteiger partial charge in [0.1, 0.15) is 11.8 Å². The lowest BCUT2D eigenvalue weighted by Crippen LogP contribution is -2.52. The molecule has 1 N–H and O–H groups in total. The Hall–Kier alpha value is -2.53. The van der Waals surface area contributed by atoms with Crippen LogP contribution in [0.25, 0.3) is 0 Å². The van der Waals surface area contributed by atoms with Crippen molar-refractivity contribution in [3.05, 3.63) is 60.2 Å². The summed E-state index contributed by atoms with van der Waals surface area (Å²) in [5, 5.41) is 9.51. The number of hydrogen-bond acceptors (Lipinski definition) is 4. The monoisotopic (exact) mass is 379 g/mol. The molecule has 2 fully saturated rings. The molecule has 5 nitrogen and oxygen atoms in total. The highest BCUT2D eigenvalue weighted by atomic mass is 16.3.